The Kier molecular flexibility index (Phi) is 5.25. The van der Waals surface area contributed by atoms with Crippen LogP contribution in [0, 0.1) is 5.92 Å². The lowest BCUT2D eigenvalue weighted by atomic mass is 9.95. The van der Waals surface area contributed by atoms with E-state index in [-0.39, 0.29) is 18.2 Å². The molecule has 1 heterocycles. The number of rotatable bonds is 5. The Morgan fingerprint density at radius 2 is 1.89 bits per heavy atom. The van der Waals surface area contributed by atoms with E-state index in [0.717, 1.165) is 31.0 Å². The van der Waals surface area contributed by atoms with Crippen LogP contribution >= 0.6 is 11.3 Å². The van der Waals surface area contributed by atoms with Crippen LogP contribution in [0.2, 0.25) is 0 Å². The molecule has 1 aliphatic rings. The van der Waals surface area contributed by atoms with Gasteiger partial charge in [-0.1, -0.05) is 12.1 Å². The Morgan fingerprint density at radius 1 is 1.15 bits per heavy atom. The van der Waals surface area contributed by atoms with E-state index in [4.69, 9.17) is 0 Å². The third-order valence-electron chi connectivity index (χ3n) is 4.37. The summed E-state index contributed by atoms with van der Waals surface area (Å²) in [7, 11) is 0. The summed E-state index contributed by atoms with van der Waals surface area (Å²) in [5, 5.41) is 17.2. The van der Waals surface area contributed by atoms with Gasteiger partial charge in [-0.25, -0.2) is 0 Å². The normalized spacial score (nSPS) is 16.4. The van der Waals surface area contributed by atoms with Crippen molar-refractivity contribution in [3.05, 3.63) is 52.2 Å². The molecule has 1 fully saturated rings. The number of alkyl halides is 3. The number of hydrogen-bond acceptors (Lipinski definition) is 4. The molecule has 5 nitrogen and oxygen atoms in total. The van der Waals surface area contributed by atoms with Gasteiger partial charge in [0.1, 0.15) is 5.60 Å². The van der Waals surface area contributed by atoms with E-state index in [1.54, 1.807) is 12.1 Å². The molecule has 0 saturated heterocycles. The quantitative estimate of drug-likeness (QED) is 0.678. The van der Waals surface area contributed by atoms with Gasteiger partial charge in [-0.2, -0.15) is 13.2 Å². The van der Waals surface area contributed by atoms with Gasteiger partial charge in [0.2, 0.25) is 0 Å². The van der Waals surface area contributed by atoms with Crippen molar-refractivity contribution in [2.45, 2.75) is 24.6 Å². The van der Waals surface area contributed by atoms with Gasteiger partial charge in [0, 0.05) is 10.6 Å². The van der Waals surface area contributed by atoms with Crippen molar-refractivity contribution in [1.29, 1.82) is 0 Å². The highest BCUT2D eigenvalue weighted by molar-refractivity contribution is 7.10. The second-order valence-electron chi connectivity index (χ2n) is 6.39. The van der Waals surface area contributed by atoms with Crippen molar-refractivity contribution in [3.8, 4) is 0 Å². The molecular formula is C18H17F3N2O3S. The van der Waals surface area contributed by atoms with E-state index in [0.29, 0.717) is 4.88 Å². The van der Waals surface area contributed by atoms with Gasteiger partial charge < -0.3 is 15.7 Å². The van der Waals surface area contributed by atoms with E-state index in [9.17, 15) is 27.9 Å². The van der Waals surface area contributed by atoms with Crippen LogP contribution in [-0.2, 0) is 21.4 Å². The van der Waals surface area contributed by atoms with Crippen LogP contribution in [0.3, 0.4) is 0 Å². The molecule has 1 aromatic carbocycles. The number of halogens is 3. The summed E-state index contributed by atoms with van der Waals surface area (Å²) in [4.78, 5) is 24.7. The van der Waals surface area contributed by atoms with Gasteiger partial charge >= 0.3 is 18.0 Å². The van der Waals surface area contributed by atoms with Crippen molar-refractivity contribution in [1.82, 2.24) is 5.32 Å². The van der Waals surface area contributed by atoms with Gasteiger partial charge in [0.05, 0.1) is 12.1 Å². The average Bonchev–Trinajstić information content (AvgIpc) is 3.33. The topological polar surface area (TPSA) is 78.4 Å². The summed E-state index contributed by atoms with van der Waals surface area (Å²) >= 11 is 1.36. The number of amides is 2. The lowest BCUT2D eigenvalue weighted by molar-refractivity contribution is -0.137. The van der Waals surface area contributed by atoms with Crippen molar-refractivity contribution < 1.29 is 27.9 Å². The zero-order valence-electron chi connectivity index (χ0n) is 14.0. The molecule has 1 aliphatic carbocycles. The Morgan fingerprint density at radius 3 is 2.48 bits per heavy atom. The van der Waals surface area contributed by atoms with E-state index in [2.05, 4.69) is 10.6 Å². The molecule has 0 spiro atoms. The standard InChI is InChI=1S/C18H17F3N2O3S/c19-18(20,21)12-3-1-4-13(9-12)23-16(25)15(24)22-10-17(26,11-6-7-11)14-5-2-8-27-14/h1-5,8-9,11,26H,6-7,10H2,(H,22,24)(H,23,25)/t17-/m0/s1. The Bertz CT molecular complexity index is 835. The molecule has 3 rings (SSSR count). The zero-order valence-corrected chi connectivity index (χ0v) is 14.9. The number of hydrogen-bond donors (Lipinski definition) is 3. The molecule has 1 aromatic heterocycles. The number of anilines is 1. The highest BCUT2D eigenvalue weighted by atomic mass is 32.1. The number of benzene rings is 1. The summed E-state index contributed by atoms with van der Waals surface area (Å²) < 4.78 is 38.1. The maximum atomic E-state index is 12.7. The smallest absolute Gasteiger partial charge is 0.382 e. The molecule has 1 atom stereocenters. The number of nitrogens with one attached hydrogen (secondary N) is 2. The minimum atomic E-state index is -4.55. The van der Waals surface area contributed by atoms with Crippen molar-refractivity contribution in [2.75, 3.05) is 11.9 Å². The van der Waals surface area contributed by atoms with Gasteiger partial charge in [-0.15, -0.1) is 11.3 Å². The molecule has 3 N–H and O–H groups in total. The highest BCUT2D eigenvalue weighted by Gasteiger charge is 2.46. The van der Waals surface area contributed by atoms with Crippen LogP contribution in [0.15, 0.2) is 41.8 Å². The van der Waals surface area contributed by atoms with Crippen molar-refractivity contribution in [3.63, 3.8) is 0 Å². The highest BCUT2D eigenvalue weighted by Crippen LogP contribution is 2.46. The molecule has 9 heteroatoms. The predicted octanol–water partition coefficient (Wildman–Crippen LogP) is 3.12. The number of carbonyl (C=O) groups excluding carboxylic acids is 2. The van der Waals surface area contributed by atoms with Gasteiger partial charge in [-0.3, -0.25) is 9.59 Å². The van der Waals surface area contributed by atoms with Crippen LogP contribution in [0.4, 0.5) is 18.9 Å². The SMILES string of the molecule is O=C(NC[C@@](O)(c1cccs1)C1CC1)C(=O)Nc1cccc(C(F)(F)F)c1. The monoisotopic (exact) mass is 398 g/mol. The minimum absolute atomic E-state index is 0.00276. The number of carbonyl (C=O) groups is 2. The fourth-order valence-electron chi connectivity index (χ4n) is 2.77. The molecule has 2 aromatic rings. The maximum Gasteiger partial charge on any atom is 0.416 e. The lowest BCUT2D eigenvalue weighted by Gasteiger charge is -2.27. The second-order valence-corrected chi connectivity index (χ2v) is 7.34. The molecule has 2 amide bonds. The first-order valence-electron chi connectivity index (χ1n) is 8.23. The van der Waals surface area contributed by atoms with Gasteiger partial charge in [-0.05, 0) is 48.4 Å². The van der Waals surface area contributed by atoms with Crippen LogP contribution in [0.1, 0.15) is 23.3 Å². The Hall–Kier alpha value is -2.39. The summed E-state index contributed by atoms with van der Waals surface area (Å²) in [6.45, 7) is -0.146. The molecular weight excluding hydrogens is 381 g/mol. The summed E-state index contributed by atoms with van der Waals surface area (Å²) in [6.07, 6.45) is -2.91. The summed E-state index contributed by atoms with van der Waals surface area (Å²) in [5.74, 6) is -2.12. The largest absolute Gasteiger partial charge is 0.416 e. The molecule has 144 valence electrons. The van der Waals surface area contributed by atoms with Gasteiger partial charge in [0.25, 0.3) is 0 Å². The first kappa shape index (κ1) is 19.4. The van der Waals surface area contributed by atoms with E-state index >= 15 is 0 Å². The Labute approximate surface area is 157 Å². The van der Waals surface area contributed by atoms with Crippen LogP contribution < -0.4 is 10.6 Å². The van der Waals surface area contributed by atoms with Crippen LogP contribution in [0.5, 0.6) is 0 Å². The van der Waals surface area contributed by atoms with Crippen LogP contribution in [0.25, 0.3) is 0 Å². The number of thiophene rings is 1. The third-order valence-corrected chi connectivity index (χ3v) is 5.41. The molecule has 0 bridgehead atoms. The zero-order chi connectivity index (χ0) is 19.7. The minimum Gasteiger partial charge on any atom is -0.382 e. The van der Waals surface area contributed by atoms with E-state index in [1.165, 1.54) is 17.4 Å². The molecule has 0 unspecified atom stereocenters. The van der Waals surface area contributed by atoms with E-state index < -0.39 is 29.2 Å². The fraction of sp³-hybridized carbons (Fsp3) is 0.333. The molecule has 0 aliphatic heterocycles. The Balaban J connectivity index is 1.62. The van der Waals surface area contributed by atoms with Crippen LogP contribution in [-0.4, -0.2) is 23.5 Å². The molecule has 27 heavy (non-hydrogen) atoms. The second kappa shape index (κ2) is 7.32. The fourth-order valence-corrected chi connectivity index (χ4v) is 3.68. The molecule has 0 radical (unpaired) electrons. The molecule has 1 saturated carbocycles. The summed E-state index contributed by atoms with van der Waals surface area (Å²) in [5.41, 5.74) is -2.32. The summed E-state index contributed by atoms with van der Waals surface area (Å²) in [6, 6.07) is 7.56. The number of aliphatic hydroxyl groups is 1. The first-order valence-corrected chi connectivity index (χ1v) is 9.11. The van der Waals surface area contributed by atoms with Crippen molar-refractivity contribution >= 4 is 28.8 Å². The van der Waals surface area contributed by atoms with E-state index in [1.807, 2.05) is 5.38 Å². The average molecular weight is 398 g/mol. The maximum absolute atomic E-state index is 12.7. The predicted molar refractivity (Wildman–Crippen MR) is 94.0 cm³/mol. The van der Waals surface area contributed by atoms with Crippen molar-refractivity contribution in [2.24, 2.45) is 5.92 Å². The van der Waals surface area contributed by atoms with Gasteiger partial charge in [0.15, 0.2) is 0 Å². The first-order chi connectivity index (χ1) is 12.7. The lowest BCUT2D eigenvalue weighted by Crippen LogP contribution is -2.45. The third kappa shape index (κ3) is 4.48.